The molecule has 3 fully saturated rings. The van der Waals surface area contributed by atoms with Crippen LogP contribution in [0.5, 0.6) is 0 Å². The highest BCUT2D eigenvalue weighted by atomic mass is 16.2. The molecule has 3 heterocycles. The van der Waals surface area contributed by atoms with Crippen LogP contribution in [0.15, 0.2) is 24.3 Å². The van der Waals surface area contributed by atoms with Gasteiger partial charge in [-0.25, -0.2) is 0 Å². The molecule has 0 unspecified atom stereocenters. The number of piperidine rings is 1. The zero-order chi connectivity index (χ0) is 21.1. The third-order valence-corrected chi connectivity index (χ3v) is 6.90. The van der Waals surface area contributed by atoms with Crippen molar-refractivity contribution in [2.24, 2.45) is 11.8 Å². The summed E-state index contributed by atoms with van der Waals surface area (Å²) in [7, 11) is 0. The van der Waals surface area contributed by atoms with E-state index in [4.69, 9.17) is 0 Å². The smallest absolute Gasteiger partial charge is 0.227 e. The Morgan fingerprint density at radius 2 is 1.63 bits per heavy atom. The van der Waals surface area contributed by atoms with Gasteiger partial charge in [-0.2, -0.15) is 0 Å². The van der Waals surface area contributed by atoms with Gasteiger partial charge in [0.1, 0.15) is 0 Å². The predicted octanol–water partition coefficient (Wildman–Crippen LogP) is 2.25. The largest absolute Gasteiger partial charge is 0.342 e. The summed E-state index contributed by atoms with van der Waals surface area (Å²) in [6, 6.07) is 8.14. The molecular weight excluding hydrogens is 378 g/mol. The van der Waals surface area contributed by atoms with Gasteiger partial charge in [0, 0.05) is 45.7 Å². The SMILES string of the molecule is Cc1ccc(CC(=O)N2CCC(CN3C[C@@H](C(=O)N4CCCC4)CC3=O)CC2)cc1. The summed E-state index contributed by atoms with van der Waals surface area (Å²) in [5.74, 6) is 0.723. The van der Waals surface area contributed by atoms with Crippen molar-refractivity contribution in [2.75, 3.05) is 39.3 Å². The van der Waals surface area contributed by atoms with Crippen molar-refractivity contribution < 1.29 is 14.4 Å². The second-order valence-electron chi connectivity index (χ2n) is 9.22. The number of hydrogen-bond acceptors (Lipinski definition) is 3. The zero-order valence-electron chi connectivity index (χ0n) is 18.0. The Morgan fingerprint density at radius 1 is 0.967 bits per heavy atom. The molecule has 1 aromatic rings. The van der Waals surface area contributed by atoms with Gasteiger partial charge < -0.3 is 14.7 Å². The Labute approximate surface area is 179 Å². The summed E-state index contributed by atoms with van der Waals surface area (Å²) in [5.41, 5.74) is 2.26. The molecule has 3 aliphatic rings. The molecule has 0 bridgehead atoms. The van der Waals surface area contributed by atoms with Crippen LogP contribution in [0.1, 0.15) is 43.2 Å². The van der Waals surface area contributed by atoms with Crippen molar-refractivity contribution in [1.29, 1.82) is 0 Å². The van der Waals surface area contributed by atoms with Gasteiger partial charge in [-0.05, 0) is 44.1 Å². The van der Waals surface area contributed by atoms with Crippen molar-refractivity contribution in [3.05, 3.63) is 35.4 Å². The molecule has 6 nitrogen and oxygen atoms in total. The highest BCUT2D eigenvalue weighted by molar-refractivity contribution is 5.89. The van der Waals surface area contributed by atoms with E-state index in [2.05, 4.69) is 0 Å². The van der Waals surface area contributed by atoms with Crippen LogP contribution in [0.4, 0.5) is 0 Å². The number of hydrogen-bond donors (Lipinski definition) is 0. The van der Waals surface area contributed by atoms with E-state index in [1.807, 2.05) is 45.9 Å². The number of amides is 3. The second kappa shape index (κ2) is 9.19. The summed E-state index contributed by atoms with van der Waals surface area (Å²) in [4.78, 5) is 43.5. The van der Waals surface area contributed by atoms with E-state index < -0.39 is 0 Å². The first kappa shape index (κ1) is 20.9. The first-order valence-corrected chi connectivity index (χ1v) is 11.4. The molecule has 0 N–H and O–H groups in total. The topological polar surface area (TPSA) is 60.9 Å². The first-order valence-electron chi connectivity index (χ1n) is 11.4. The molecule has 30 heavy (non-hydrogen) atoms. The molecule has 162 valence electrons. The fourth-order valence-electron chi connectivity index (χ4n) is 4.98. The Morgan fingerprint density at radius 3 is 2.30 bits per heavy atom. The van der Waals surface area contributed by atoms with Gasteiger partial charge in [0.05, 0.1) is 12.3 Å². The maximum atomic E-state index is 12.6. The average molecular weight is 412 g/mol. The van der Waals surface area contributed by atoms with Crippen molar-refractivity contribution >= 4 is 17.7 Å². The zero-order valence-corrected chi connectivity index (χ0v) is 18.0. The van der Waals surface area contributed by atoms with Crippen LogP contribution >= 0.6 is 0 Å². The van der Waals surface area contributed by atoms with E-state index in [1.165, 1.54) is 5.56 Å². The van der Waals surface area contributed by atoms with E-state index in [9.17, 15) is 14.4 Å². The molecule has 1 atom stereocenters. The fourth-order valence-corrected chi connectivity index (χ4v) is 4.98. The minimum absolute atomic E-state index is 0.116. The molecule has 3 aliphatic heterocycles. The van der Waals surface area contributed by atoms with Gasteiger partial charge in [0.15, 0.2) is 0 Å². The van der Waals surface area contributed by atoms with E-state index in [0.29, 0.717) is 25.3 Å². The number of rotatable bonds is 5. The average Bonchev–Trinajstić information content (AvgIpc) is 3.40. The molecule has 3 amide bonds. The standard InChI is InChI=1S/C24H33N3O3/c1-18-4-6-19(7-5-18)14-22(28)25-12-8-20(9-13-25)16-27-17-21(15-23(27)29)24(30)26-10-2-3-11-26/h4-7,20-21H,2-3,8-17H2,1H3/t21-/m0/s1. The molecule has 0 aliphatic carbocycles. The second-order valence-corrected chi connectivity index (χ2v) is 9.22. The molecule has 1 aromatic carbocycles. The molecule has 6 heteroatoms. The lowest BCUT2D eigenvalue weighted by atomic mass is 9.95. The summed E-state index contributed by atoms with van der Waals surface area (Å²) in [6.45, 7) is 6.55. The van der Waals surface area contributed by atoms with Crippen molar-refractivity contribution in [2.45, 2.75) is 45.4 Å². The highest BCUT2D eigenvalue weighted by Crippen LogP contribution is 2.26. The van der Waals surface area contributed by atoms with Crippen molar-refractivity contribution in [3.8, 4) is 0 Å². The van der Waals surface area contributed by atoms with Crippen LogP contribution in [0.25, 0.3) is 0 Å². The lowest BCUT2D eigenvalue weighted by Crippen LogP contribution is -2.42. The third-order valence-electron chi connectivity index (χ3n) is 6.90. The van der Waals surface area contributed by atoms with Crippen LogP contribution in [0, 0.1) is 18.8 Å². The minimum atomic E-state index is -0.160. The van der Waals surface area contributed by atoms with Crippen molar-refractivity contribution in [3.63, 3.8) is 0 Å². The number of aryl methyl sites for hydroxylation is 1. The van der Waals surface area contributed by atoms with E-state index in [0.717, 1.165) is 64.0 Å². The summed E-state index contributed by atoms with van der Waals surface area (Å²) < 4.78 is 0. The Balaban J connectivity index is 1.22. The summed E-state index contributed by atoms with van der Waals surface area (Å²) in [6.07, 6.45) is 4.83. The van der Waals surface area contributed by atoms with E-state index in [1.54, 1.807) is 0 Å². The van der Waals surface area contributed by atoms with Crippen LogP contribution in [0.3, 0.4) is 0 Å². The summed E-state index contributed by atoms with van der Waals surface area (Å²) >= 11 is 0. The van der Waals surface area contributed by atoms with Crippen LogP contribution in [0.2, 0.25) is 0 Å². The Hall–Kier alpha value is -2.37. The fraction of sp³-hybridized carbons (Fsp3) is 0.625. The maximum Gasteiger partial charge on any atom is 0.227 e. The van der Waals surface area contributed by atoms with Crippen LogP contribution in [-0.2, 0) is 20.8 Å². The number of likely N-dealkylation sites (tertiary alicyclic amines) is 3. The quantitative estimate of drug-likeness (QED) is 0.747. The van der Waals surface area contributed by atoms with E-state index in [-0.39, 0.29) is 23.6 Å². The van der Waals surface area contributed by atoms with Gasteiger partial charge >= 0.3 is 0 Å². The predicted molar refractivity (Wildman–Crippen MR) is 115 cm³/mol. The van der Waals surface area contributed by atoms with Gasteiger partial charge in [0.25, 0.3) is 0 Å². The molecule has 4 rings (SSSR count). The number of nitrogens with zero attached hydrogens (tertiary/aromatic N) is 3. The van der Waals surface area contributed by atoms with Crippen molar-refractivity contribution in [1.82, 2.24) is 14.7 Å². The molecule has 0 aromatic heterocycles. The highest BCUT2D eigenvalue weighted by Gasteiger charge is 2.38. The van der Waals surface area contributed by atoms with Gasteiger partial charge in [-0.3, -0.25) is 14.4 Å². The Kier molecular flexibility index (Phi) is 6.40. The molecule has 0 spiro atoms. The molecule has 0 saturated carbocycles. The molecular formula is C24H33N3O3. The molecule has 3 saturated heterocycles. The number of benzene rings is 1. The first-order chi connectivity index (χ1) is 14.5. The lowest BCUT2D eigenvalue weighted by Gasteiger charge is -2.34. The minimum Gasteiger partial charge on any atom is -0.342 e. The molecule has 0 radical (unpaired) electrons. The third kappa shape index (κ3) is 4.85. The van der Waals surface area contributed by atoms with Crippen LogP contribution < -0.4 is 0 Å². The monoisotopic (exact) mass is 411 g/mol. The summed E-state index contributed by atoms with van der Waals surface area (Å²) in [5, 5.41) is 0. The van der Waals surface area contributed by atoms with E-state index >= 15 is 0 Å². The maximum absolute atomic E-state index is 12.6. The van der Waals surface area contributed by atoms with Gasteiger partial charge in [0.2, 0.25) is 17.7 Å². The lowest BCUT2D eigenvalue weighted by molar-refractivity contribution is -0.134. The Bertz CT molecular complexity index is 777. The number of carbonyl (C=O) groups is 3. The normalized spacial score (nSPS) is 22.8. The van der Waals surface area contributed by atoms with Gasteiger partial charge in [-0.1, -0.05) is 29.8 Å². The van der Waals surface area contributed by atoms with Gasteiger partial charge in [-0.15, -0.1) is 0 Å². The van der Waals surface area contributed by atoms with Crippen LogP contribution in [-0.4, -0.2) is 71.7 Å². The number of carbonyl (C=O) groups excluding carboxylic acids is 3.